The van der Waals surface area contributed by atoms with Crippen molar-refractivity contribution in [3.63, 3.8) is 0 Å². The second kappa shape index (κ2) is 13.5. The van der Waals surface area contributed by atoms with Crippen molar-refractivity contribution in [3.05, 3.63) is 59.7 Å². The largest absolute Gasteiger partial charge is 0.494 e. The number of nitrogens with zero attached hydrogens (tertiary/aromatic N) is 2. The van der Waals surface area contributed by atoms with Crippen LogP contribution in [0.3, 0.4) is 0 Å². The molecule has 0 bridgehead atoms. The van der Waals surface area contributed by atoms with E-state index >= 15 is 0 Å². The SMILES string of the molecule is CCCCCOc1ccc(/C=N/N=C/c2ccc(OCCCCC)cc2)cc1. The first-order chi connectivity index (χ1) is 13.8. The Morgan fingerprint density at radius 2 is 1.00 bits per heavy atom. The van der Waals surface area contributed by atoms with Crippen LogP contribution in [0.1, 0.15) is 63.5 Å². The van der Waals surface area contributed by atoms with Gasteiger partial charge in [0.2, 0.25) is 0 Å². The highest BCUT2D eigenvalue weighted by atomic mass is 16.5. The van der Waals surface area contributed by atoms with Crippen molar-refractivity contribution in [2.75, 3.05) is 13.2 Å². The summed E-state index contributed by atoms with van der Waals surface area (Å²) in [7, 11) is 0. The predicted octanol–water partition coefficient (Wildman–Crippen LogP) is 6.28. The van der Waals surface area contributed by atoms with Gasteiger partial charge in [-0.25, -0.2) is 0 Å². The minimum Gasteiger partial charge on any atom is -0.494 e. The van der Waals surface area contributed by atoms with Crippen LogP contribution in [0.4, 0.5) is 0 Å². The smallest absolute Gasteiger partial charge is 0.119 e. The van der Waals surface area contributed by atoms with Gasteiger partial charge in [0.25, 0.3) is 0 Å². The summed E-state index contributed by atoms with van der Waals surface area (Å²) < 4.78 is 11.4. The normalized spacial score (nSPS) is 11.4. The highest BCUT2D eigenvalue weighted by Gasteiger charge is 1.95. The Balaban J connectivity index is 1.74. The molecule has 4 nitrogen and oxygen atoms in total. The highest BCUT2D eigenvalue weighted by Crippen LogP contribution is 2.13. The summed E-state index contributed by atoms with van der Waals surface area (Å²) in [6.07, 6.45) is 10.5. The number of unbranched alkanes of at least 4 members (excludes halogenated alkanes) is 4. The first-order valence-electron chi connectivity index (χ1n) is 10.3. The van der Waals surface area contributed by atoms with Gasteiger partial charge in [0.1, 0.15) is 11.5 Å². The van der Waals surface area contributed by atoms with Crippen LogP contribution in [0.5, 0.6) is 11.5 Å². The van der Waals surface area contributed by atoms with E-state index in [1.807, 2.05) is 48.5 Å². The molecule has 2 rings (SSSR count). The first kappa shape index (κ1) is 21.7. The second-order valence-electron chi connectivity index (χ2n) is 6.74. The summed E-state index contributed by atoms with van der Waals surface area (Å²) in [6.45, 7) is 5.92. The minimum absolute atomic E-state index is 0.772. The van der Waals surface area contributed by atoms with E-state index in [2.05, 4.69) is 24.1 Å². The monoisotopic (exact) mass is 380 g/mol. The second-order valence-corrected chi connectivity index (χ2v) is 6.74. The van der Waals surface area contributed by atoms with Gasteiger partial charge in [-0.3, -0.25) is 0 Å². The Morgan fingerprint density at radius 3 is 1.36 bits per heavy atom. The van der Waals surface area contributed by atoms with Gasteiger partial charge in [0.15, 0.2) is 0 Å². The van der Waals surface area contributed by atoms with Crippen LogP contribution in [0, 0.1) is 0 Å². The standard InChI is InChI=1S/C24H32N2O2/c1-3-5-7-17-27-23-13-9-21(10-14-23)19-25-26-20-22-11-15-24(16-12-22)28-18-8-6-4-2/h9-16,19-20H,3-8,17-18H2,1-2H3/b25-19+,26-20+. The van der Waals surface area contributed by atoms with Crippen LogP contribution < -0.4 is 9.47 Å². The summed E-state index contributed by atoms with van der Waals surface area (Å²) in [6, 6.07) is 15.8. The van der Waals surface area contributed by atoms with Crippen LogP contribution in [-0.4, -0.2) is 25.6 Å². The average molecular weight is 381 g/mol. The Labute approximate surface area is 169 Å². The van der Waals surface area contributed by atoms with Gasteiger partial charge in [-0.1, -0.05) is 39.5 Å². The number of rotatable bonds is 13. The molecule has 0 aliphatic heterocycles. The molecule has 0 aromatic heterocycles. The lowest BCUT2D eigenvalue weighted by molar-refractivity contribution is 0.306. The molecule has 0 aliphatic rings. The Bertz CT molecular complexity index is 643. The summed E-state index contributed by atoms with van der Waals surface area (Å²) in [5.41, 5.74) is 1.99. The summed E-state index contributed by atoms with van der Waals surface area (Å²) >= 11 is 0. The predicted molar refractivity (Wildman–Crippen MR) is 118 cm³/mol. The summed E-state index contributed by atoms with van der Waals surface area (Å²) in [5, 5.41) is 8.24. The van der Waals surface area contributed by atoms with E-state index in [9.17, 15) is 0 Å². The maximum atomic E-state index is 5.71. The number of hydrogen-bond donors (Lipinski definition) is 0. The number of benzene rings is 2. The molecule has 0 radical (unpaired) electrons. The zero-order valence-corrected chi connectivity index (χ0v) is 17.1. The molecule has 4 heteroatoms. The van der Waals surface area contributed by atoms with Crippen LogP contribution in [-0.2, 0) is 0 Å². The van der Waals surface area contributed by atoms with Crippen molar-refractivity contribution in [1.82, 2.24) is 0 Å². The minimum atomic E-state index is 0.772. The van der Waals surface area contributed by atoms with E-state index in [0.29, 0.717) is 0 Å². The van der Waals surface area contributed by atoms with Crippen molar-refractivity contribution < 1.29 is 9.47 Å². The van der Waals surface area contributed by atoms with Gasteiger partial charge >= 0.3 is 0 Å². The van der Waals surface area contributed by atoms with Crippen LogP contribution >= 0.6 is 0 Å². The van der Waals surface area contributed by atoms with Gasteiger partial charge < -0.3 is 9.47 Å². The Morgan fingerprint density at radius 1 is 0.607 bits per heavy atom. The molecular formula is C24H32N2O2. The quantitative estimate of drug-likeness (QED) is 0.233. The zero-order chi connectivity index (χ0) is 19.9. The topological polar surface area (TPSA) is 43.2 Å². The van der Waals surface area contributed by atoms with E-state index in [1.165, 1.54) is 25.7 Å². The van der Waals surface area contributed by atoms with E-state index in [1.54, 1.807) is 12.4 Å². The van der Waals surface area contributed by atoms with Crippen LogP contribution in [0.2, 0.25) is 0 Å². The van der Waals surface area contributed by atoms with Gasteiger partial charge in [0.05, 0.1) is 25.6 Å². The molecule has 0 N–H and O–H groups in total. The molecule has 28 heavy (non-hydrogen) atoms. The highest BCUT2D eigenvalue weighted by molar-refractivity contribution is 5.82. The van der Waals surface area contributed by atoms with E-state index in [-0.39, 0.29) is 0 Å². The molecule has 0 spiro atoms. The van der Waals surface area contributed by atoms with Crippen LogP contribution in [0.25, 0.3) is 0 Å². The molecule has 0 atom stereocenters. The molecule has 0 saturated carbocycles. The van der Waals surface area contributed by atoms with Crippen molar-refractivity contribution >= 4 is 12.4 Å². The van der Waals surface area contributed by atoms with Crippen LogP contribution in [0.15, 0.2) is 58.7 Å². The number of hydrogen-bond acceptors (Lipinski definition) is 4. The maximum absolute atomic E-state index is 5.71. The molecule has 0 aliphatic carbocycles. The molecule has 2 aromatic rings. The van der Waals surface area contributed by atoms with Gasteiger partial charge in [-0.05, 0) is 72.5 Å². The zero-order valence-electron chi connectivity index (χ0n) is 17.1. The lowest BCUT2D eigenvalue weighted by Gasteiger charge is -2.05. The van der Waals surface area contributed by atoms with Crippen molar-refractivity contribution in [2.24, 2.45) is 10.2 Å². The summed E-state index contributed by atoms with van der Waals surface area (Å²) in [4.78, 5) is 0. The maximum Gasteiger partial charge on any atom is 0.119 e. The molecule has 0 fully saturated rings. The molecule has 0 unspecified atom stereocenters. The van der Waals surface area contributed by atoms with E-state index in [0.717, 1.165) is 48.7 Å². The van der Waals surface area contributed by atoms with Crippen molar-refractivity contribution in [3.8, 4) is 11.5 Å². The lowest BCUT2D eigenvalue weighted by Crippen LogP contribution is -1.97. The van der Waals surface area contributed by atoms with E-state index in [4.69, 9.17) is 9.47 Å². The fourth-order valence-electron chi connectivity index (χ4n) is 2.58. The summed E-state index contributed by atoms with van der Waals surface area (Å²) in [5.74, 6) is 1.79. The molecule has 2 aromatic carbocycles. The molecule has 0 saturated heterocycles. The van der Waals surface area contributed by atoms with Crippen molar-refractivity contribution in [1.29, 1.82) is 0 Å². The Kier molecular flexibility index (Phi) is 10.5. The molecule has 150 valence electrons. The fourth-order valence-corrected chi connectivity index (χ4v) is 2.58. The third-order valence-corrected chi connectivity index (χ3v) is 4.27. The van der Waals surface area contributed by atoms with Crippen molar-refractivity contribution in [2.45, 2.75) is 52.4 Å². The molecular weight excluding hydrogens is 348 g/mol. The van der Waals surface area contributed by atoms with E-state index < -0.39 is 0 Å². The molecule has 0 heterocycles. The van der Waals surface area contributed by atoms with Gasteiger partial charge in [-0.2, -0.15) is 10.2 Å². The van der Waals surface area contributed by atoms with Gasteiger partial charge in [0, 0.05) is 0 Å². The lowest BCUT2D eigenvalue weighted by atomic mass is 10.2. The Hall–Kier alpha value is -2.62. The third kappa shape index (κ3) is 8.85. The third-order valence-electron chi connectivity index (χ3n) is 4.27. The fraction of sp³-hybridized carbons (Fsp3) is 0.417. The van der Waals surface area contributed by atoms with Gasteiger partial charge in [-0.15, -0.1) is 0 Å². The average Bonchev–Trinajstić information content (AvgIpc) is 2.74. The number of ether oxygens (including phenoxy) is 2. The molecule has 0 amide bonds. The first-order valence-corrected chi connectivity index (χ1v) is 10.3.